The minimum Gasteiger partial charge on any atom is -0.121 e. The largest absolute Gasteiger partial charge is 0.373 e. The van der Waals surface area contributed by atoms with Gasteiger partial charge in [0.1, 0.15) is 0 Å². The van der Waals surface area contributed by atoms with Crippen LogP contribution in [0.4, 0.5) is 0 Å². The Labute approximate surface area is 132 Å². The second kappa shape index (κ2) is 9.28. The maximum atomic E-state index is 6.13. The molecule has 0 aliphatic heterocycles. The van der Waals surface area contributed by atoms with Crippen LogP contribution in [-0.4, -0.2) is 6.00 Å². The van der Waals surface area contributed by atoms with Gasteiger partial charge in [0.05, 0.1) is 0 Å². The molecule has 0 spiro atoms. The zero-order valence-electron chi connectivity index (χ0n) is 11.6. The summed E-state index contributed by atoms with van der Waals surface area (Å²) >= 11 is 18.4. The maximum absolute atomic E-state index is 6.13. The molecule has 19 heavy (non-hydrogen) atoms. The van der Waals surface area contributed by atoms with Gasteiger partial charge in [-0.15, -0.1) is 33.2 Å². The summed E-state index contributed by atoms with van der Waals surface area (Å²) in [5.74, 6) is 0. The minimum absolute atomic E-state index is 0.964. The molecule has 0 amide bonds. The molecule has 0 aliphatic carbocycles. The molecule has 0 radical (unpaired) electrons. The first-order valence-electron chi connectivity index (χ1n) is 7.20. The predicted molar refractivity (Wildman–Crippen MR) is 91.1 cm³/mol. The lowest BCUT2D eigenvalue weighted by Gasteiger charge is -2.14. The normalized spacial score (nSPS) is 11.8. The van der Waals surface area contributed by atoms with E-state index >= 15 is 0 Å². The van der Waals surface area contributed by atoms with Crippen molar-refractivity contribution in [1.29, 1.82) is 0 Å². The highest BCUT2D eigenvalue weighted by molar-refractivity contribution is 7.69. The second-order valence-electron chi connectivity index (χ2n) is 5.03. The summed E-state index contributed by atoms with van der Waals surface area (Å²) in [5.41, 5.74) is 1.22. The average Bonchev–Trinajstić information content (AvgIpc) is 2.37. The predicted octanol–water partition coefficient (Wildman–Crippen LogP) is 5.84. The Balaban J connectivity index is 2.33. The fraction of sp³-hybridized carbons (Fsp3) is 0.600. The molecule has 0 N–H and O–H groups in total. The van der Waals surface area contributed by atoms with Gasteiger partial charge in [-0.05, 0) is 23.6 Å². The molecule has 0 aliphatic rings. The maximum Gasteiger partial charge on any atom is 0.373 e. The van der Waals surface area contributed by atoms with E-state index in [1.165, 1.54) is 50.5 Å². The molecule has 0 heterocycles. The highest BCUT2D eigenvalue weighted by Crippen LogP contribution is 2.22. The van der Waals surface area contributed by atoms with Crippen LogP contribution >= 0.6 is 33.2 Å². The van der Waals surface area contributed by atoms with Crippen molar-refractivity contribution in [2.24, 2.45) is 0 Å². The zero-order chi connectivity index (χ0) is 14.1. The van der Waals surface area contributed by atoms with Gasteiger partial charge in [0.25, 0.3) is 0 Å². The van der Waals surface area contributed by atoms with Gasteiger partial charge in [-0.25, -0.2) is 0 Å². The summed E-state index contributed by atoms with van der Waals surface area (Å²) < 4.78 is 0. The van der Waals surface area contributed by atoms with Crippen molar-refractivity contribution in [3.05, 3.63) is 29.8 Å². The van der Waals surface area contributed by atoms with E-state index in [1.807, 2.05) is 18.2 Å². The fourth-order valence-corrected chi connectivity index (χ4v) is 4.80. The van der Waals surface area contributed by atoms with Crippen molar-refractivity contribution in [2.45, 2.75) is 58.3 Å². The summed E-state index contributed by atoms with van der Waals surface area (Å²) in [4.78, 5) is 0. The molecule has 1 aromatic rings. The average molecular weight is 338 g/mol. The van der Waals surface area contributed by atoms with Crippen LogP contribution in [0.2, 0.25) is 0 Å². The van der Waals surface area contributed by atoms with Crippen LogP contribution in [0.15, 0.2) is 24.3 Å². The number of aryl methyl sites for hydroxylation is 1. The van der Waals surface area contributed by atoms with Crippen LogP contribution in [0.5, 0.6) is 0 Å². The van der Waals surface area contributed by atoms with Gasteiger partial charge in [-0.3, -0.25) is 0 Å². The van der Waals surface area contributed by atoms with E-state index in [2.05, 4.69) is 13.0 Å². The van der Waals surface area contributed by atoms with E-state index in [4.69, 9.17) is 33.2 Å². The molecule has 0 saturated carbocycles. The quantitative estimate of drug-likeness (QED) is 0.301. The Morgan fingerprint density at radius 1 is 0.842 bits per heavy atom. The van der Waals surface area contributed by atoms with E-state index in [-0.39, 0.29) is 0 Å². The molecule has 4 heteroatoms. The molecule has 0 atom stereocenters. The van der Waals surface area contributed by atoms with Gasteiger partial charge in [-0.1, -0.05) is 69.7 Å². The highest BCUT2D eigenvalue weighted by atomic mass is 35.8. The lowest BCUT2D eigenvalue weighted by Crippen LogP contribution is -2.33. The van der Waals surface area contributed by atoms with Crippen LogP contribution in [0.1, 0.15) is 57.4 Å². The Kier molecular flexibility index (Phi) is 8.48. The SMILES string of the molecule is CCCCCCCCCc1ccccc1[Si](Cl)(Cl)Cl. The summed E-state index contributed by atoms with van der Waals surface area (Å²) in [6.07, 6.45) is 10.2. The summed E-state index contributed by atoms with van der Waals surface area (Å²) in [6, 6.07) is 5.31. The van der Waals surface area contributed by atoms with E-state index in [1.54, 1.807) is 0 Å². The summed E-state index contributed by atoms with van der Waals surface area (Å²) in [6.45, 7) is 2.25. The van der Waals surface area contributed by atoms with Crippen LogP contribution in [0.25, 0.3) is 0 Å². The molecule has 1 rings (SSSR count). The van der Waals surface area contributed by atoms with Crippen molar-refractivity contribution in [3.63, 3.8) is 0 Å². The second-order valence-corrected chi connectivity index (χ2v) is 13.4. The van der Waals surface area contributed by atoms with Crippen molar-refractivity contribution >= 4 is 44.4 Å². The third kappa shape index (κ3) is 7.03. The molecule has 0 aromatic heterocycles. The van der Waals surface area contributed by atoms with Gasteiger partial charge >= 0.3 is 6.00 Å². The van der Waals surface area contributed by atoms with Crippen LogP contribution in [-0.2, 0) is 6.42 Å². The number of rotatable bonds is 9. The summed E-state index contributed by atoms with van der Waals surface area (Å²) in [5, 5.41) is 0.964. The van der Waals surface area contributed by atoms with Gasteiger partial charge in [0.2, 0.25) is 0 Å². The summed E-state index contributed by atoms with van der Waals surface area (Å²) in [7, 11) is 0. The van der Waals surface area contributed by atoms with Gasteiger partial charge in [0.15, 0.2) is 0 Å². The highest BCUT2D eigenvalue weighted by Gasteiger charge is 2.30. The number of hydrogen-bond donors (Lipinski definition) is 0. The van der Waals surface area contributed by atoms with Gasteiger partial charge in [-0.2, -0.15) is 0 Å². The van der Waals surface area contributed by atoms with E-state index in [0.717, 1.165) is 11.6 Å². The Hall–Kier alpha value is 0.307. The number of benzene rings is 1. The molecule has 0 bridgehead atoms. The van der Waals surface area contributed by atoms with Crippen LogP contribution in [0, 0.1) is 0 Å². The molecular weight excluding hydrogens is 315 g/mol. The lowest BCUT2D eigenvalue weighted by atomic mass is 10.0. The van der Waals surface area contributed by atoms with Gasteiger partial charge in [0, 0.05) is 0 Å². The van der Waals surface area contributed by atoms with E-state index in [0.29, 0.717) is 0 Å². The van der Waals surface area contributed by atoms with Crippen LogP contribution in [0.3, 0.4) is 0 Å². The third-order valence-corrected chi connectivity index (χ3v) is 6.30. The van der Waals surface area contributed by atoms with Crippen LogP contribution < -0.4 is 5.19 Å². The molecule has 1 aromatic carbocycles. The molecule has 0 fully saturated rings. The van der Waals surface area contributed by atoms with Crippen molar-refractivity contribution < 1.29 is 0 Å². The molecular formula is C15H23Cl3Si. The van der Waals surface area contributed by atoms with Crippen molar-refractivity contribution in [3.8, 4) is 0 Å². The molecule has 0 unspecified atom stereocenters. The standard InChI is InChI=1S/C15H23Cl3Si/c1-2-3-4-5-6-7-8-11-14-12-9-10-13-15(14)19(16,17)18/h9-10,12-13H,2-8,11H2,1H3. The first-order valence-corrected chi connectivity index (χ1v) is 12.2. The molecule has 0 saturated heterocycles. The third-order valence-electron chi connectivity index (χ3n) is 3.37. The molecule has 0 nitrogen and oxygen atoms in total. The first-order chi connectivity index (χ1) is 9.05. The topological polar surface area (TPSA) is 0 Å². The van der Waals surface area contributed by atoms with Gasteiger partial charge < -0.3 is 0 Å². The monoisotopic (exact) mass is 336 g/mol. The first kappa shape index (κ1) is 17.4. The van der Waals surface area contributed by atoms with E-state index < -0.39 is 6.00 Å². The Morgan fingerprint density at radius 2 is 1.42 bits per heavy atom. The molecule has 108 valence electrons. The minimum atomic E-state index is -2.75. The number of unbranched alkanes of at least 4 members (excludes halogenated alkanes) is 6. The smallest absolute Gasteiger partial charge is 0.121 e. The van der Waals surface area contributed by atoms with Crippen molar-refractivity contribution in [1.82, 2.24) is 0 Å². The number of hydrogen-bond acceptors (Lipinski definition) is 0. The Bertz CT molecular complexity index is 361. The van der Waals surface area contributed by atoms with E-state index in [9.17, 15) is 0 Å². The number of halogens is 3. The Morgan fingerprint density at radius 3 is 2.05 bits per heavy atom. The fourth-order valence-electron chi connectivity index (χ4n) is 2.29. The zero-order valence-corrected chi connectivity index (χ0v) is 14.9. The lowest BCUT2D eigenvalue weighted by molar-refractivity contribution is 0.589. The van der Waals surface area contributed by atoms with Crippen molar-refractivity contribution in [2.75, 3.05) is 0 Å².